The van der Waals surface area contributed by atoms with Gasteiger partial charge >= 0.3 is 137 Å². The molecule has 3 heteroatoms. The molecule has 0 radical (unpaired) electrons. The van der Waals surface area contributed by atoms with Crippen LogP contribution in [-0.4, -0.2) is 24.4 Å². The van der Waals surface area contributed by atoms with Crippen molar-refractivity contribution in [2.75, 3.05) is 19.8 Å². The van der Waals surface area contributed by atoms with Crippen LogP contribution in [0.1, 0.15) is 19.4 Å². The van der Waals surface area contributed by atoms with E-state index in [0.717, 1.165) is 19.3 Å². The van der Waals surface area contributed by atoms with Gasteiger partial charge < -0.3 is 0 Å². The second-order valence-corrected chi connectivity index (χ2v) is 15.9. The third-order valence-corrected chi connectivity index (χ3v) is 12.3. The number of rotatable bonds is 6. The summed E-state index contributed by atoms with van der Waals surface area (Å²) in [5.74, 6) is 0. The van der Waals surface area contributed by atoms with Gasteiger partial charge in [-0.2, -0.15) is 0 Å². The Kier molecular flexibility index (Phi) is 5.24. The van der Waals surface area contributed by atoms with Gasteiger partial charge in [-0.1, -0.05) is 0 Å². The van der Waals surface area contributed by atoms with E-state index in [0.29, 0.717) is 0 Å². The molecule has 2 aromatic carbocycles. The van der Waals surface area contributed by atoms with Crippen LogP contribution >= 0.6 is 20.9 Å². The van der Waals surface area contributed by atoms with Crippen molar-refractivity contribution in [1.29, 1.82) is 0 Å². The van der Waals surface area contributed by atoms with Crippen LogP contribution in [0.2, 0.25) is 0 Å². The van der Waals surface area contributed by atoms with E-state index in [1.165, 1.54) is 10.9 Å². The fourth-order valence-corrected chi connectivity index (χ4v) is 10.2. The van der Waals surface area contributed by atoms with Gasteiger partial charge in [0.1, 0.15) is 0 Å². The first-order chi connectivity index (χ1) is 10.00. The Morgan fingerprint density at radius 1 is 0.857 bits per heavy atom. The Bertz CT molecular complexity index is 564. The zero-order valence-electron chi connectivity index (χ0n) is 13.2. The molecule has 2 rings (SSSR count). The van der Waals surface area contributed by atoms with Crippen molar-refractivity contribution < 1.29 is 0 Å². The Balaban J connectivity index is 2.53. The number of hydrogen-bond donors (Lipinski definition) is 0. The van der Waals surface area contributed by atoms with Crippen LogP contribution in [0.4, 0.5) is 0 Å². The van der Waals surface area contributed by atoms with Gasteiger partial charge in [-0.15, -0.1) is 0 Å². The van der Waals surface area contributed by atoms with E-state index in [2.05, 4.69) is 101 Å². The van der Waals surface area contributed by atoms with Crippen LogP contribution in [0.3, 0.4) is 0 Å². The molecule has 21 heavy (non-hydrogen) atoms. The summed E-state index contributed by atoms with van der Waals surface area (Å²) in [5, 5.41) is 1.43. The number of halogens is 1. The van der Waals surface area contributed by atoms with Gasteiger partial charge in [0.2, 0.25) is 0 Å². The molecule has 0 heterocycles. The summed E-state index contributed by atoms with van der Waals surface area (Å²) in [7, 11) is 0. The first-order valence-corrected chi connectivity index (χ1v) is 12.4. The van der Waals surface area contributed by atoms with E-state index >= 15 is 0 Å². The van der Waals surface area contributed by atoms with Crippen LogP contribution in [0.25, 0.3) is 0 Å². The van der Waals surface area contributed by atoms with Crippen molar-refractivity contribution in [2.45, 2.75) is 20.0 Å². The Morgan fingerprint density at radius 2 is 1.33 bits per heavy atom. The van der Waals surface area contributed by atoms with E-state index in [4.69, 9.17) is 0 Å². The molecule has 0 aliphatic heterocycles. The summed E-state index contributed by atoms with van der Waals surface area (Å²) < 4.78 is 2.62. The molecule has 0 saturated carbocycles. The fourth-order valence-electron chi connectivity index (χ4n) is 3.12. The molecule has 0 aliphatic carbocycles. The molecule has 0 aromatic heterocycles. The van der Waals surface area contributed by atoms with Gasteiger partial charge in [0.25, 0.3) is 0 Å². The SMILES string of the molecule is CCN(CC)P(C)(Br)(Cc1ccccc1)c1ccccc1. The summed E-state index contributed by atoms with van der Waals surface area (Å²) in [6.45, 7) is 9.05. The minimum atomic E-state index is -2.34. The van der Waals surface area contributed by atoms with Crippen molar-refractivity contribution in [3.05, 3.63) is 66.2 Å². The topological polar surface area (TPSA) is 3.24 Å². The van der Waals surface area contributed by atoms with Crippen LogP contribution in [0, 0.1) is 0 Å². The second-order valence-electron chi connectivity index (χ2n) is 5.71. The van der Waals surface area contributed by atoms with Gasteiger partial charge in [0, 0.05) is 0 Å². The molecule has 0 spiro atoms. The number of nitrogens with zero attached hydrogens (tertiary/aromatic N) is 1. The summed E-state index contributed by atoms with van der Waals surface area (Å²) in [4.78, 5) is 0. The molecule has 0 aliphatic rings. The quantitative estimate of drug-likeness (QED) is 0.630. The van der Waals surface area contributed by atoms with Crippen LogP contribution < -0.4 is 5.30 Å². The average Bonchev–Trinajstić information content (AvgIpc) is 2.50. The van der Waals surface area contributed by atoms with Crippen LogP contribution in [0.15, 0.2) is 60.7 Å². The van der Waals surface area contributed by atoms with Gasteiger partial charge in [0.15, 0.2) is 0 Å². The first-order valence-electron chi connectivity index (χ1n) is 7.58. The molecule has 0 N–H and O–H groups in total. The minimum absolute atomic E-state index is 1.05. The van der Waals surface area contributed by atoms with Gasteiger partial charge in [0.05, 0.1) is 0 Å². The monoisotopic (exact) mass is 365 g/mol. The maximum absolute atomic E-state index is 4.28. The van der Waals surface area contributed by atoms with Crippen LogP contribution in [-0.2, 0) is 6.16 Å². The standard InChI is InChI=1S/C18H25BrNP/c1-4-20(5-2)21(3,19,18-14-10-7-11-15-18)16-17-12-8-6-9-13-17/h6-15H,4-5,16H2,1-3H3. The van der Waals surface area contributed by atoms with Gasteiger partial charge in [-0.25, -0.2) is 0 Å². The van der Waals surface area contributed by atoms with Crippen molar-refractivity contribution in [3.63, 3.8) is 0 Å². The molecular weight excluding hydrogens is 341 g/mol. The molecular formula is C18H25BrNP. The van der Waals surface area contributed by atoms with Crippen molar-refractivity contribution in [3.8, 4) is 0 Å². The molecule has 1 nitrogen and oxygen atoms in total. The molecule has 0 bridgehead atoms. The third-order valence-electron chi connectivity index (χ3n) is 4.26. The van der Waals surface area contributed by atoms with Gasteiger partial charge in [-0.05, 0) is 0 Å². The summed E-state index contributed by atoms with van der Waals surface area (Å²) in [6, 6.07) is 21.8. The van der Waals surface area contributed by atoms with Gasteiger partial charge in [-0.3, -0.25) is 0 Å². The molecule has 0 atom stereocenters. The summed E-state index contributed by atoms with van der Waals surface area (Å²) in [5.41, 5.74) is -0.949. The van der Waals surface area contributed by atoms with E-state index in [-0.39, 0.29) is 0 Å². The second kappa shape index (κ2) is 6.60. The predicted molar refractivity (Wildman–Crippen MR) is 101 cm³/mol. The van der Waals surface area contributed by atoms with Crippen molar-refractivity contribution in [1.82, 2.24) is 4.67 Å². The van der Waals surface area contributed by atoms with Crippen LogP contribution in [0.5, 0.6) is 0 Å². The zero-order chi connectivity index (χ0) is 15.4. The Morgan fingerprint density at radius 3 is 1.81 bits per heavy atom. The van der Waals surface area contributed by atoms with Crippen molar-refractivity contribution in [2.24, 2.45) is 0 Å². The molecule has 114 valence electrons. The zero-order valence-corrected chi connectivity index (χ0v) is 15.6. The first kappa shape index (κ1) is 16.7. The molecule has 0 saturated heterocycles. The third kappa shape index (κ3) is 3.39. The predicted octanol–water partition coefficient (Wildman–Crippen LogP) is 5.26. The molecule has 0 fully saturated rings. The maximum atomic E-state index is 4.28. The summed E-state index contributed by atoms with van der Waals surface area (Å²) in [6.07, 6.45) is 1.05. The normalized spacial score (nSPS) is 13.9. The Hall–Kier alpha value is -0.690. The molecule has 2 aromatic rings. The number of benzene rings is 2. The van der Waals surface area contributed by atoms with Crippen molar-refractivity contribution >= 4 is 26.3 Å². The van der Waals surface area contributed by atoms with E-state index in [1.807, 2.05) is 0 Å². The van der Waals surface area contributed by atoms with E-state index in [9.17, 15) is 0 Å². The van der Waals surface area contributed by atoms with E-state index in [1.54, 1.807) is 0 Å². The molecule has 0 unspecified atom stereocenters. The molecule has 0 amide bonds. The summed E-state index contributed by atoms with van der Waals surface area (Å²) >= 11 is 4.28. The average molecular weight is 366 g/mol. The Labute approximate surface area is 137 Å². The number of hydrogen-bond acceptors (Lipinski definition) is 1. The fraction of sp³-hybridized carbons (Fsp3) is 0.333. The van der Waals surface area contributed by atoms with E-state index < -0.39 is 5.46 Å².